The normalized spacial score (nSPS) is 16.9. The molecule has 0 unspecified atom stereocenters. The molecular weight excluding hydrogens is 397 g/mol. The van der Waals surface area contributed by atoms with E-state index in [9.17, 15) is 13.2 Å². The summed E-state index contributed by atoms with van der Waals surface area (Å²) in [6.07, 6.45) is -1.07. The van der Waals surface area contributed by atoms with Gasteiger partial charge >= 0.3 is 6.18 Å². The van der Waals surface area contributed by atoms with E-state index in [1.807, 2.05) is 25.3 Å². The number of halogens is 3. The molecule has 0 bridgehead atoms. The molecule has 0 saturated heterocycles. The van der Waals surface area contributed by atoms with E-state index in [2.05, 4.69) is 46.7 Å². The van der Waals surface area contributed by atoms with E-state index in [-0.39, 0.29) is 16.2 Å². The third-order valence-corrected chi connectivity index (χ3v) is 5.09. The van der Waals surface area contributed by atoms with Crippen LogP contribution in [0.25, 0.3) is 0 Å². The number of para-hydroxylation sites is 2. The number of thiocarbonyl (C=S) groups is 1. The van der Waals surface area contributed by atoms with Gasteiger partial charge in [0.1, 0.15) is 0 Å². The highest BCUT2D eigenvalue weighted by Crippen LogP contribution is 2.46. The van der Waals surface area contributed by atoms with Crippen molar-refractivity contribution in [1.29, 1.82) is 0 Å². The predicted octanol–water partition coefficient (Wildman–Crippen LogP) is 5.29. The zero-order chi connectivity index (χ0) is 21.2. The molecule has 0 saturated carbocycles. The van der Waals surface area contributed by atoms with Gasteiger partial charge in [-0.25, -0.2) is 0 Å². The lowest BCUT2D eigenvalue weighted by molar-refractivity contribution is -0.136. The molecular formula is C21H21F3N4S. The first-order chi connectivity index (χ1) is 13.6. The lowest BCUT2D eigenvalue weighted by Gasteiger charge is -2.23. The van der Waals surface area contributed by atoms with Crippen molar-refractivity contribution >= 4 is 34.9 Å². The molecule has 0 aliphatic carbocycles. The van der Waals surface area contributed by atoms with E-state index < -0.39 is 11.7 Å². The van der Waals surface area contributed by atoms with Crippen molar-refractivity contribution in [3.05, 3.63) is 71.4 Å². The zero-order valence-electron chi connectivity index (χ0n) is 16.2. The highest BCUT2D eigenvalue weighted by Gasteiger charge is 2.37. The maximum Gasteiger partial charge on any atom is 0.418 e. The van der Waals surface area contributed by atoms with Crippen LogP contribution in [-0.2, 0) is 11.6 Å². The van der Waals surface area contributed by atoms with E-state index in [4.69, 9.17) is 12.2 Å². The fourth-order valence-corrected chi connectivity index (χ4v) is 3.66. The molecule has 2 aromatic carbocycles. The van der Waals surface area contributed by atoms with Crippen LogP contribution in [0.3, 0.4) is 0 Å². The molecule has 0 fully saturated rings. The monoisotopic (exact) mass is 418 g/mol. The summed E-state index contributed by atoms with van der Waals surface area (Å²) < 4.78 is 39.2. The second-order valence-electron chi connectivity index (χ2n) is 7.14. The van der Waals surface area contributed by atoms with Crippen LogP contribution in [0.5, 0.6) is 0 Å². The first-order valence-corrected chi connectivity index (χ1v) is 9.33. The number of hydrogen-bond donors (Lipinski definition) is 2. The van der Waals surface area contributed by atoms with Gasteiger partial charge in [0.2, 0.25) is 0 Å². The van der Waals surface area contributed by atoms with Crippen LogP contribution >= 0.6 is 12.2 Å². The van der Waals surface area contributed by atoms with Gasteiger partial charge in [0.05, 0.1) is 11.3 Å². The Balaban J connectivity index is 1.68. The van der Waals surface area contributed by atoms with Crippen molar-refractivity contribution in [2.45, 2.75) is 25.4 Å². The highest BCUT2D eigenvalue weighted by atomic mass is 32.1. The number of alkyl halides is 3. The molecule has 0 radical (unpaired) electrons. The van der Waals surface area contributed by atoms with Crippen molar-refractivity contribution in [3.8, 4) is 0 Å². The Kier molecular flexibility index (Phi) is 5.66. The third-order valence-electron chi connectivity index (χ3n) is 4.89. The Labute approximate surface area is 173 Å². The topological polar surface area (TPSA) is 39.7 Å². The number of likely N-dealkylation sites (N-methyl/N-ethyl adjacent to an activating group) is 1. The van der Waals surface area contributed by atoms with Crippen molar-refractivity contribution < 1.29 is 13.2 Å². The average molecular weight is 418 g/mol. The van der Waals surface area contributed by atoms with Crippen molar-refractivity contribution in [3.63, 3.8) is 0 Å². The van der Waals surface area contributed by atoms with Crippen LogP contribution < -0.4 is 15.6 Å². The molecule has 0 aromatic heterocycles. The smallest absolute Gasteiger partial charge is 0.347 e. The summed E-state index contributed by atoms with van der Waals surface area (Å²) in [4.78, 5) is 2.09. The Morgan fingerprint density at radius 1 is 1.10 bits per heavy atom. The number of fused-ring (bicyclic) bond motifs is 1. The minimum atomic E-state index is -4.47. The van der Waals surface area contributed by atoms with E-state index in [0.29, 0.717) is 0 Å². The van der Waals surface area contributed by atoms with Crippen molar-refractivity contribution in [2.24, 2.45) is 5.10 Å². The molecule has 1 aliphatic rings. The molecule has 8 heteroatoms. The molecule has 2 N–H and O–H groups in total. The van der Waals surface area contributed by atoms with Crippen molar-refractivity contribution in [2.75, 3.05) is 17.3 Å². The molecule has 152 valence electrons. The van der Waals surface area contributed by atoms with Crippen LogP contribution in [0.1, 0.15) is 25.0 Å². The maximum absolute atomic E-state index is 13.1. The quantitative estimate of drug-likeness (QED) is 0.404. The number of rotatable bonds is 3. The number of hydrazone groups is 1. The lowest BCUT2D eigenvalue weighted by Crippen LogP contribution is -2.26. The molecule has 2 aromatic rings. The number of nitrogens with one attached hydrogen (secondary N) is 2. The summed E-state index contributed by atoms with van der Waals surface area (Å²) in [7, 11) is 1.99. The van der Waals surface area contributed by atoms with Gasteiger partial charge in [-0.05, 0) is 42.1 Å². The average Bonchev–Trinajstić information content (AvgIpc) is 2.85. The van der Waals surface area contributed by atoms with E-state index >= 15 is 0 Å². The second-order valence-corrected chi connectivity index (χ2v) is 7.55. The summed E-state index contributed by atoms with van der Waals surface area (Å²) in [6, 6.07) is 13.3. The largest absolute Gasteiger partial charge is 0.418 e. The summed E-state index contributed by atoms with van der Waals surface area (Å²) in [5, 5.41) is 6.53. The van der Waals surface area contributed by atoms with Gasteiger partial charge in [-0.3, -0.25) is 5.43 Å². The van der Waals surface area contributed by atoms with Crippen LogP contribution in [0.2, 0.25) is 0 Å². The lowest BCUT2D eigenvalue weighted by atomic mass is 9.84. The molecule has 0 atom stereocenters. The fourth-order valence-electron chi connectivity index (χ4n) is 3.50. The Morgan fingerprint density at radius 2 is 1.76 bits per heavy atom. The Hall–Kier alpha value is -2.87. The van der Waals surface area contributed by atoms with Crippen molar-refractivity contribution in [1.82, 2.24) is 5.43 Å². The van der Waals surface area contributed by atoms with Gasteiger partial charge < -0.3 is 10.2 Å². The summed E-state index contributed by atoms with van der Waals surface area (Å²) in [5.74, 6) is 0. The van der Waals surface area contributed by atoms with E-state index in [0.717, 1.165) is 17.5 Å². The minimum absolute atomic E-state index is 0.0290. The molecule has 0 spiro atoms. The van der Waals surface area contributed by atoms with Gasteiger partial charge in [0.15, 0.2) is 5.11 Å². The molecule has 3 rings (SSSR count). The van der Waals surface area contributed by atoms with Crippen LogP contribution in [0.15, 0.2) is 65.4 Å². The van der Waals surface area contributed by atoms with Crippen LogP contribution in [0.4, 0.5) is 24.5 Å². The Morgan fingerprint density at radius 3 is 2.45 bits per heavy atom. The number of nitrogens with zero attached hydrogens (tertiary/aromatic N) is 2. The van der Waals surface area contributed by atoms with Crippen LogP contribution in [0, 0.1) is 0 Å². The SMILES string of the molecule is CN1/C(=C/C=N/NC(=S)Nc2ccccc2C(F)(F)F)C(C)(C)c2ccccc21. The van der Waals surface area contributed by atoms with E-state index in [1.165, 1.54) is 23.8 Å². The first kappa shape index (κ1) is 20.9. The number of benzene rings is 2. The second kappa shape index (κ2) is 7.87. The van der Waals surface area contributed by atoms with Gasteiger partial charge in [0, 0.05) is 30.1 Å². The first-order valence-electron chi connectivity index (χ1n) is 8.92. The standard InChI is InChI=1S/C21H21F3N4S/c1-20(2)15-9-5-7-11-17(15)28(3)18(20)12-13-25-27-19(29)26-16-10-6-4-8-14(16)21(22,23)24/h4-13H,1-3H3,(H2,26,27,29)/b18-12+,25-13+. The highest BCUT2D eigenvalue weighted by molar-refractivity contribution is 7.80. The molecule has 1 aliphatic heterocycles. The van der Waals surface area contributed by atoms with Gasteiger partial charge in [-0.2, -0.15) is 18.3 Å². The molecule has 1 heterocycles. The summed E-state index contributed by atoms with van der Waals surface area (Å²) in [5.41, 5.74) is 4.84. The zero-order valence-corrected chi connectivity index (χ0v) is 17.0. The van der Waals surface area contributed by atoms with Gasteiger partial charge in [0.25, 0.3) is 0 Å². The Bertz CT molecular complexity index is 980. The van der Waals surface area contributed by atoms with E-state index in [1.54, 1.807) is 6.21 Å². The maximum atomic E-state index is 13.1. The fraction of sp³-hybridized carbons (Fsp3) is 0.238. The number of hydrogen-bond acceptors (Lipinski definition) is 3. The number of allylic oxidation sites excluding steroid dienone is 2. The third kappa shape index (κ3) is 4.27. The van der Waals surface area contributed by atoms with Gasteiger partial charge in [-0.1, -0.05) is 44.2 Å². The molecule has 4 nitrogen and oxygen atoms in total. The molecule has 0 amide bonds. The van der Waals surface area contributed by atoms with Gasteiger partial charge in [-0.15, -0.1) is 0 Å². The summed E-state index contributed by atoms with van der Waals surface area (Å²) in [6.45, 7) is 4.26. The minimum Gasteiger partial charge on any atom is -0.347 e. The number of anilines is 2. The molecule has 29 heavy (non-hydrogen) atoms. The summed E-state index contributed by atoms with van der Waals surface area (Å²) >= 11 is 5.06. The predicted molar refractivity (Wildman–Crippen MR) is 115 cm³/mol. The van der Waals surface area contributed by atoms with Crippen LogP contribution in [-0.4, -0.2) is 18.4 Å².